The van der Waals surface area contributed by atoms with Gasteiger partial charge in [0.2, 0.25) is 0 Å². The molecule has 6 nitrogen and oxygen atoms in total. The van der Waals surface area contributed by atoms with E-state index in [2.05, 4.69) is 5.10 Å². The second-order valence-electron chi connectivity index (χ2n) is 4.42. The van der Waals surface area contributed by atoms with Crippen LogP contribution in [0.15, 0.2) is 0 Å². The molecule has 2 rings (SSSR count). The first-order chi connectivity index (χ1) is 8.63. The van der Waals surface area contributed by atoms with Crippen molar-refractivity contribution in [3.8, 4) is 0 Å². The number of esters is 1. The average molecular weight is 253 g/mol. The number of ether oxygens (including phenoxy) is 2. The number of rotatable bonds is 4. The highest BCUT2D eigenvalue weighted by Gasteiger charge is 2.23. The van der Waals surface area contributed by atoms with Crippen LogP contribution >= 0.6 is 0 Å². The minimum absolute atomic E-state index is 0.0223. The first kappa shape index (κ1) is 12.9. The zero-order chi connectivity index (χ0) is 13.1. The first-order valence-corrected chi connectivity index (χ1v) is 6.23. The fourth-order valence-electron chi connectivity index (χ4n) is 2.11. The molecule has 1 atom stereocenters. The Labute approximate surface area is 106 Å². The van der Waals surface area contributed by atoms with Gasteiger partial charge in [-0.15, -0.1) is 0 Å². The summed E-state index contributed by atoms with van der Waals surface area (Å²) in [5.41, 5.74) is 7.35. The van der Waals surface area contributed by atoms with Crippen LogP contribution in [0.25, 0.3) is 0 Å². The summed E-state index contributed by atoms with van der Waals surface area (Å²) in [7, 11) is 1.69. The van der Waals surface area contributed by atoms with E-state index >= 15 is 0 Å². The molecule has 0 radical (unpaired) electrons. The molecule has 2 N–H and O–H groups in total. The molecule has 100 valence electrons. The molecule has 0 aromatic carbocycles. The molecule has 1 saturated heterocycles. The number of hydrogen-bond acceptors (Lipinski definition) is 5. The van der Waals surface area contributed by atoms with Crippen LogP contribution in [0.2, 0.25) is 0 Å². The molecule has 0 aliphatic carbocycles. The van der Waals surface area contributed by atoms with E-state index in [4.69, 9.17) is 15.2 Å². The minimum atomic E-state index is -0.433. The van der Waals surface area contributed by atoms with E-state index < -0.39 is 5.97 Å². The summed E-state index contributed by atoms with van der Waals surface area (Å²) in [5.74, 6) is -0.433. The van der Waals surface area contributed by atoms with Crippen LogP contribution in [-0.2, 0) is 22.9 Å². The van der Waals surface area contributed by atoms with Gasteiger partial charge in [0, 0.05) is 13.7 Å². The molecule has 0 saturated carbocycles. The second-order valence-corrected chi connectivity index (χ2v) is 4.42. The number of aromatic nitrogens is 2. The number of nitrogens with two attached hydrogens (primary N) is 1. The van der Waals surface area contributed by atoms with E-state index in [-0.39, 0.29) is 12.7 Å². The smallest absolute Gasteiger partial charge is 0.358 e. The molecular formula is C12H19N3O3. The van der Waals surface area contributed by atoms with Crippen LogP contribution in [0.4, 0.5) is 5.69 Å². The molecule has 1 aromatic rings. The zero-order valence-corrected chi connectivity index (χ0v) is 10.8. The normalized spacial score (nSPS) is 19.1. The topological polar surface area (TPSA) is 79.4 Å². The van der Waals surface area contributed by atoms with Crippen LogP contribution in [0, 0.1) is 0 Å². The van der Waals surface area contributed by atoms with E-state index in [0.29, 0.717) is 17.8 Å². The van der Waals surface area contributed by atoms with Crippen molar-refractivity contribution >= 4 is 11.7 Å². The lowest BCUT2D eigenvalue weighted by atomic mass is 10.2. The highest BCUT2D eigenvalue weighted by molar-refractivity contribution is 5.93. The largest absolute Gasteiger partial charge is 0.458 e. The van der Waals surface area contributed by atoms with Crippen LogP contribution in [0.5, 0.6) is 0 Å². The van der Waals surface area contributed by atoms with Crippen molar-refractivity contribution in [2.75, 3.05) is 18.9 Å². The monoisotopic (exact) mass is 253 g/mol. The Morgan fingerprint density at radius 2 is 2.44 bits per heavy atom. The molecule has 0 bridgehead atoms. The van der Waals surface area contributed by atoms with Crippen molar-refractivity contribution in [2.45, 2.75) is 32.3 Å². The number of hydrogen-bond donors (Lipinski definition) is 1. The number of carbonyl (C=O) groups excluding carboxylic acids is 1. The Hall–Kier alpha value is -1.56. The Morgan fingerprint density at radius 1 is 1.67 bits per heavy atom. The molecule has 6 heteroatoms. The lowest BCUT2D eigenvalue weighted by Crippen LogP contribution is -2.20. The summed E-state index contributed by atoms with van der Waals surface area (Å²) in [6, 6.07) is 0. The third-order valence-electron chi connectivity index (χ3n) is 3.11. The third-order valence-corrected chi connectivity index (χ3v) is 3.11. The van der Waals surface area contributed by atoms with Gasteiger partial charge in [-0.2, -0.15) is 5.10 Å². The standard InChI is InChI=1S/C12H19N3O3/c1-3-9-10(13)11(15(2)14-9)12(16)18-7-8-5-4-6-17-8/h8H,3-7,13H2,1-2H3. The van der Waals surface area contributed by atoms with Gasteiger partial charge in [-0.3, -0.25) is 4.68 Å². The van der Waals surface area contributed by atoms with E-state index in [1.54, 1.807) is 7.05 Å². The van der Waals surface area contributed by atoms with Gasteiger partial charge in [-0.1, -0.05) is 6.92 Å². The summed E-state index contributed by atoms with van der Waals surface area (Å²) in [5, 5.41) is 4.19. The van der Waals surface area contributed by atoms with E-state index in [1.165, 1.54) is 4.68 Å². The van der Waals surface area contributed by atoms with Gasteiger partial charge in [-0.25, -0.2) is 4.79 Å². The molecule has 1 fully saturated rings. The number of anilines is 1. The predicted molar refractivity (Wildman–Crippen MR) is 66.3 cm³/mol. The van der Waals surface area contributed by atoms with Crippen molar-refractivity contribution in [1.29, 1.82) is 0 Å². The van der Waals surface area contributed by atoms with Gasteiger partial charge in [-0.05, 0) is 19.3 Å². The maximum absolute atomic E-state index is 12.0. The quantitative estimate of drug-likeness (QED) is 0.806. The van der Waals surface area contributed by atoms with Crippen LogP contribution in [-0.4, -0.2) is 35.1 Å². The highest BCUT2D eigenvalue weighted by Crippen LogP contribution is 2.19. The summed E-state index contributed by atoms with van der Waals surface area (Å²) in [6.07, 6.45) is 2.68. The summed E-state index contributed by atoms with van der Waals surface area (Å²) in [6.45, 7) is 2.97. The van der Waals surface area contributed by atoms with Crippen molar-refractivity contribution in [3.63, 3.8) is 0 Å². The Morgan fingerprint density at radius 3 is 3.00 bits per heavy atom. The molecule has 1 aromatic heterocycles. The van der Waals surface area contributed by atoms with Crippen LogP contribution in [0.1, 0.15) is 35.9 Å². The molecule has 1 aliphatic rings. The van der Waals surface area contributed by atoms with Crippen molar-refractivity contribution < 1.29 is 14.3 Å². The van der Waals surface area contributed by atoms with E-state index in [1.807, 2.05) is 6.92 Å². The maximum atomic E-state index is 12.0. The molecule has 2 heterocycles. The number of nitrogen functional groups attached to an aromatic ring is 1. The van der Waals surface area contributed by atoms with Gasteiger partial charge in [0.05, 0.1) is 17.5 Å². The summed E-state index contributed by atoms with van der Waals surface area (Å²) < 4.78 is 12.1. The summed E-state index contributed by atoms with van der Waals surface area (Å²) in [4.78, 5) is 12.0. The van der Waals surface area contributed by atoms with Crippen LogP contribution in [0.3, 0.4) is 0 Å². The lowest BCUT2D eigenvalue weighted by molar-refractivity contribution is 0.0153. The Bertz CT molecular complexity index is 436. The van der Waals surface area contributed by atoms with E-state index in [9.17, 15) is 4.79 Å². The molecule has 18 heavy (non-hydrogen) atoms. The van der Waals surface area contributed by atoms with Gasteiger partial charge < -0.3 is 15.2 Å². The molecule has 1 unspecified atom stereocenters. The van der Waals surface area contributed by atoms with Gasteiger partial charge >= 0.3 is 5.97 Å². The first-order valence-electron chi connectivity index (χ1n) is 6.23. The van der Waals surface area contributed by atoms with Crippen molar-refractivity contribution in [2.24, 2.45) is 7.05 Å². The van der Waals surface area contributed by atoms with Gasteiger partial charge in [0.25, 0.3) is 0 Å². The molecule has 0 spiro atoms. The van der Waals surface area contributed by atoms with Gasteiger partial charge in [0.1, 0.15) is 6.61 Å². The minimum Gasteiger partial charge on any atom is -0.458 e. The molecule has 1 aliphatic heterocycles. The predicted octanol–water partition coefficient (Wildman–Crippen LogP) is 0.900. The van der Waals surface area contributed by atoms with Crippen LogP contribution < -0.4 is 5.73 Å². The zero-order valence-electron chi connectivity index (χ0n) is 10.8. The molecule has 0 amide bonds. The maximum Gasteiger partial charge on any atom is 0.358 e. The van der Waals surface area contributed by atoms with E-state index in [0.717, 1.165) is 25.1 Å². The third kappa shape index (κ3) is 2.48. The Kier molecular flexibility index (Phi) is 3.86. The number of carbonyl (C=O) groups is 1. The second kappa shape index (κ2) is 5.39. The number of aryl methyl sites for hydroxylation is 2. The fourth-order valence-corrected chi connectivity index (χ4v) is 2.11. The number of nitrogens with zero attached hydrogens (tertiary/aromatic N) is 2. The van der Waals surface area contributed by atoms with Gasteiger partial charge in [0.15, 0.2) is 5.69 Å². The SMILES string of the molecule is CCc1nn(C)c(C(=O)OCC2CCCO2)c1N. The fraction of sp³-hybridized carbons (Fsp3) is 0.667. The lowest BCUT2D eigenvalue weighted by Gasteiger charge is -2.10. The van der Waals surface area contributed by atoms with Crippen molar-refractivity contribution in [3.05, 3.63) is 11.4 Å². The highest BCUT2D eigenvalue weighted by atomic mass is 16.6. The average Bonchev–Trinajstić information content (AvgIpc) is 2.94. The Balaban J connectivity index is 2.01. The summed E-state index contributed by atoms with van der Waals surface area (Å²) >= 11 is 0. The molecular weight excluding hydrogens is 234 g/mol. The van der Waals surface area contributed by atoms with Crippen molar-refractivity contribution in [1.82, 2.24) is 9.78 Å².